The smallest absolute Gasteiger partial charge is 0.337 e. The lowest BCUT2D eigenvalue weighted by Gasteiger charge is -2.30. The highest BCUT2D eigenvalue weighted by Gasteiger charge is 2.44. The van der Waals surface area contributed by atoms with Gasteiger partial charge in [0.1, 0.15) is 0 Å². The number of methoxy groups -OCH3 is 2. The number of aliphatic carboxylic acids is 1. The van der Waals surface area contributed by atoms with Gasteiger partial charge in [0, 0.05) is 13.5 Å². The number of carbonyl (C=O) groups is 2. The third-order valence-corrected chi connectivity index (χ3v) is 2.34. The third kappa shape index (κ3) is 3.46. The van der Waals surface area contributed by atoms with Crippen LogP contribution in [0.4, 0.5) is 0 Å². The standard InChI is InChI=1S/C10H18O6/c1-9(6-15-3,7(11)12)5-10(2,14)8(13)16-4/h14H,5-6H2,1-4H3,(H,11,12). The van der Waals surface area contributed by atoms with E-state index in [0.29, 0.717) is 0 Å². The van der Waals surface area contributed by atoms with Gasteiger partial charge in [-0.05, 0) is 13.8 Å². The maximum absolute atomic E-state index is 11.2. The van der Waals surface area contributed by atoms with Crippen LogP contribution in [0.3, 0.4) is 0 Å². The number of hydrogen-bond acceptors (Lipinski definition) is 5. The molecule has 0 radical (unpaired) electrons. The summed E-state index contributed by atoms with van der Waals surface area (Å²) in [5.41, 5.74) is -3.19. The van der Waals surface area contributed by atoms with Gasteiger partial charge in [-0.25, -0.2) is 4.79 Å². The molecule has 16 heavy (non-hydrogen) atoms. The molecule has 0 amide bonds. The molecule has 0 heterocycles. The number of hydrogen-bond donors (Lipinski definition) is 2. The molecule has 6 nitrogen and oxygen atoms in total. The molecule has 0 saturated carbocycles. The Morgan fingerprint density at radius 3 is 2.06 bits per heavy atom. The first kappa shape index (κ1) is 14.9. The summed E-state index contributed by atoms with van der Waals surface area (Å²) < 4.78 is 9.18. The Hall–Kier alpha value is -1.14. The normalized spacial score (nSPS) is 18.3. The zero-order valence-corrected chi connectivity index (χ0v) is 9.94. The van der Waals surface area contributed by atoms with Crippen LogP contribution in [0.1, 0.15) is 20.3 Å². The predicted octanol–water partition coefficient (Wildman–Crippen LogP) is 0.0378. The highest BCUT2D eigenvalue weighted by Crippen LogP contribution is 2.30. The lowest BCUT2D eigenvalue weighted by Crippen LogP contribution is -2.46. The minimum absolute atomic E-state index is 0.102. The van der Waals surface area contributed by atoms with E-state index < -0.39 is 23.0 Å². The Bertz CT molecular complexity index is 272. The number of esters is 1. The molecular formula is C10H18O6. The molecule has 0 aromatic heterocycles. The van der Waals surface area contributed by atoms with Gasteiger partial charge in [0.05, 0.1) is 19.1 Å². The van der Waals surface area contributed by atoms with Gasteiger partial charge in [0.15, 0.2) is 5.60 Å². The van der Waals surface area contributed by atoms with Crippen LogP contribution in [-0.2, 0) is 19.1 Å². The number of carboxylic acid groups (broad SMARTS) is 1. The van der Waals surface area contributed by atoms with E-state index in [9.17, 15) is 14.7 Å². The highest BCUT2D eigenvalue weighted by atomic mass is 16.5. The second kappa shape index (κ2) is 5.27. The van der Waals surface area contributed by atoms with Crippen LogP contribution in [0.5, 0.6) is 0 Å². The zero-order chi connectivity index (χ0) is 13.0. The van der Waals surface area contributed by atoms with Gasteiger partial charge in [0.2, 0.25) is 0 Å². The molecule has 94 valence electrons. The summed E-state index contributed by atoms with van der Waals surface area (Å²) >= 11 is 0. The minimum Gasteiger partial charge on any atom is -0.481 e. The molecule has 0 saturated heterocycles. The van der Waals surface area contributed by atoms with Gasteiger partial charge < -0.3 is 19.7 Å². The van der Waals surface area contributed by atoms with E-state index in [4.69, 9.17) is 9.84 Å². The molecule has 0 aliphatic heterocycles. The fraction of sp³-hybridized carbons (Fsp3) is 0.800. The van der Waals surface area contributed by atoms with Crippen molar-refractivity contribution in [1.82, 2.24) is 0 Å². The molecule has 2 atom stereocenters. The highest BCUT2D eigenvalue weighted by molar-refractivity contribution is 5.81. The first-order valence-corrected chi connectivity index (χ1v) is 4.73. The summed E-state index contributed by atoms with van der Waals surface area (Å²) in [4.78, 5) is 22.3. The van der Waals surface area contributed by atoms with Gasteiger partial charge in [-0.15, -0.1) is 0 Å². The Morgan fingerprint density at radius 2 is 1.75 bits per heavy atom. The van der Waals surface area contributed by atoms with Crippen molar-refractivity contribution in [2.75, 3.05) is 20.8 Å². The fourth-order valence-electron chi connectivity index (χ4n) is 1.56. The average molecular weight is 234 g/mol. The van der Waals surface area contributed by atoms with E-state index in [0.717, 1.165) is 7.11 Å². The lowest BCUT2D eigenvalue weighted by atomic mass is 9.80. The second-order valence-electron chi connectivity index (χ2n) is 4.24. The second-order valence-corrected chi connectivity index (χ2v) is 4.24. The number of aliphatic hydroxyl groups is 1. The molecule has 0 aromatic carbocycles. The Balaban J connectivity index is 4.88. The van der Waals surface area contributed by atoms with Crippen LogP contribution in [0, 0.1) is 5.41 Å². The van der Waals surface area contributed by atoms with Gasteiger partial charge in [0.25, 0.3) is 0 Å². The maximum Gasteiger partial charge on any atom is 0.337 e. The largest absolute Gasteiger partial charge is 0.481 e. The van der Waals surface area contributed by atoms with Crippen molar-refractivity contribution in [2.24, 2.45) is 5.41 Å². The molecular weight excluding hydrogens is 216 g/mol. The lowest BCUT2D eigenvalue weighted by molar-refractivity contribution is -0.170. The van der Waals surface area contributed by atoms with Crippen molar-refractivity contribution in [2.45, 2.75) is 25.9 Å². The summed E-state index contributed by atoms with van der Waals surface area (Å²) in [6.07, 6.45) is -0.282. The molecule has 0 fully saturated rings. The van der Waals surface area contributed by atoms with Gasteiger partial charge >= 0.3 is 11.9 Å². The van der Waals surface area contributed by atoms with Gasteiger partial charge in [-0.1, -0.05) is 0 Å². The minimum atomic E-state index is -1.85. The first-order valence-electron chi connectivity index (χ1n) is 4.73. The van der Waals surface area contributed by atoms with Crippen LogP contribution < -0.4 is 0 Å². The molecule has 0 aliphatic carbocycles. The predicted molar refractivity (Wildman–Crippen MR) is 54.9 cm³/mol. The van der Waals surface area contributed by atoms with Crippen LogP contribution in [0.25, 0.3) is 0 Å². The Morgan fingerprint density at radius 1 is 1.25 bits per heavy atom. The molecule has 0 aliphatic rings. The van der Waals surface area contributed by atoms with Crippen molar-refractivity contribution < 1.29 is 29.3 Å². The SMILES string of the molecule is COCC(C)(CC(C)(O)C(=O)OC)C(=O)O. The van der Waals surface area contributed by atoms with Crippen molar-refractivity contribution in [1.29, 1.82) is 0 Å². The number of carboxylic acids is 1. The van der Waals surface area contributed by atoms with E-state index in [1.807, 2.05) is 0 Å². The van der Waals surface area contributed by atoms with Crippen LogP contribution in [0.2, 0.25) is 0 Å². The van der Waals surface area contributed by atoms with E-state index in [2.05, 4.69) is 4.74 Å². The van der Waals surface area contributed by atoms with Crippen molar-refractivity contribution >= 4 is 11.9 Å². The van der Waals surface area contributed by atoms with Gasteiger partial charge in [-0.3, -0.25) is 4.79 Å². The Kier molecular flexibility index (Phi) is 4.89. The average Bonchev–Trinajstić information content (AvgIpc) is 2.15. The zero-order valence-electron chi connectivity index (χ0n) is 9.94. The molecule has 6 heteroatoms. The number of carbonyl (C=O) groups excluding carboxylic acids is 1. The molecule has 0 rings (SSSR count). The van der Waals surface area contributed by atoms with Crippen LogP contribution >= 0.6 is 0 Å². The molecule has 0 bridgehead atoms. The molecule has 0 spiro atoms. The third-order valence-electron chi connectivity index (χ3n) is 2.34. The quantitative estimate of drug-likeness (QED) is 0.630. The first-order chi connectivity index (χ1) is 7.19. The van der Waals surface area contributed by atoms with Crippen LogP contribution in [0.15, 0.2) is 0 Å². The summed E-state index contributed by atoms with van der Waals surface area (Å²) in [6, 6.07) is 0. The summed E-state index contributed by atoms with van der Waals surface area (Å²) in [6.45, 7) is 2.52. The van der Waals surface area contributed by atoms with E-state index >= 15 is 0 Å². The maximum atomic E-state index is 11.2. The number of rotatable bonds is 6. The van der Waals surface area contributed by atoms with E-state index in [1.54, 1.807) is 0 Å². The topological polar surface area (TPSA) is 93.1 Å². The van der Waals surface area contributed by atoms with Gasteiger partial charge in [-0.2, -0.15) is 0 Å². The summed E-state index contributed by atoms with van der Waals surface area (Å²) in [7, 11) is 2.49. The fourth-order valence-corrected chi connectivity index (χ4v) is 1.56. The van der Waals surface area contributed by atoms with Crippen LogP contribution in [-0.4, -0.2) is 48.6 Å². The Labute approximate surface area is 94.2 Å². The number of ether oxygens (including phenoxy) is 2. The monoisotopic (exact) mass is 234 g/mol. The van der Waals surface area contributed by atoms with Crippen molar-refractivity contribution in [3.63, 3.8) is 0 Å². The van der Waals surface area contributed by atoms with Crippen molar-refractivity contribution in [3.05, 3.63) is 0 Å². The summed E-state index contributed by atoms with van der Waals surface area (Å²) in [5, 5.41) is 18.8. The van der Waals surface area contributed by atoms with E-state index in [-0.39, 0.29) is 13.0 Å². The molecule has 0 aromatic rings. The molecule has 2 N–H and O–H groups in total. The molecule has 2 unspecified atom stereocenters. The van der Waals surface area contributed by atoms with E-state index in [1.165, 1.54) is 21.0 Å². The summed E-state index contributed by atoms with van der Waals surface area (Å²) in [5.74, 6) is -2.00. The van der Waals surface area contributed by atoms with Crippen molar-refractivity contribution in [3.8, 4) is 0 Å².